The molecule has 0 fully saturated rings. The third-order valence-corrected chi connectivity index (χ3v) is 4.27. The van der Waals surface area contributed by atoms with Gasteiger partial charge in [-0.1, -0.05) is 0 Å². The minimum Gasteiger partial charge on any atom is -0.334 e. The van der Waals surface area contributed by atoms with Crippen molar-refractivity contribution in [3.63, 3.8) is 0 Å². The smallest absolute Gasteiger partial charge is 0.315 e. The van der Waals surface area contributed by atoms with Crippen LogP contribution < -0.4 is 10.6 Å². The maximum Gasteiger partial charge on any atom is 0.315 e. The number of carbonyl (C=O) groups is 1. The lowest BCUT2D eigenvalue weighted by Crippen LogP contribution is -2.34. The molecule has 0 saturated heterocycles. The zero-order valence-electron chi connectivity index (χ0n) is 11.7. The summed E-state index contributed by atoms with van der Waals surface area (Å²) >= 11 is 1.55. The van der Waals surface area contributed by atoms with E-state index in [2.05, 4.69) is 15.6 Å². The Balaban J connectivity index is 1.53. The van der Waals surface area contributed by atoms with Gasteiger partial charge in [0, 0.05) is 28.5 Å². The highest BCUT2D eigenvalue weighted by atomic mass is 32.1. The number of benzene rings is 1. The predicted octanol–water partition coefficient (Wildman–Crippen LogP) is 3.43. The van der Waals surface area contributed by atoms with Crippen molar-refractivity contribution in [3.8, 4) is 0 Å². The quantitative estimate of drug-likeness (QED) is 0.775. The van der Waals surface area contributed by atoms with E-state index in [1.807, 2.05) is 18.2 Å². The molecule has 112 valence electrons. The summed E-state index contributed by atoms with van der Waals surface area (Å²) < 4.78 is 14.2. The molecule has 4 nitrogen and oxygen atoms in total. The number of nitrogens with one attached hydrogen (secondary N) is 2. The van der Waals surface area contributed by atoms with Gasteiger partial charge in [0.1, 0.15) is 5.82 Å². The molecule has 3 rings (SSSR count). The van der Waals surface area contributed by atoms with E-state index >= 15 is 0 Å². The third kappa shape index (κ3) is 3.59. The number of rotatable bonds is 4. The fraction of sp³-hybridized carbons (Fsp3) is 0.125. The van der Waals surface area contributed by atoms with Gasteiger partial charge in [-0.3, -0.25) is 4.98 Å². The number of hydrogen-bond acceptors (Lipinski definition) is 3. The third-order valence-electron chi connectivity index (χ3n) is 3.15. The van der Waals surface area contributed by atoms with Crippen LogP contribution in [0.4, 0.5) is 9.18 Å². The van der Waals surface area contributed by atoms with Crippen LogP contribution in [0.2, 0.25) is 0 Å². The lowest BCUT2D eigenvalue weighted by Gasteiger charge is -2.06. The van der Waals surface area contributed by atoms with E-state index in [0.717, 1.165) is 20.5 Å². The lowest BCUT2D eigenvalue weighted by atomic mass is 10.2. The van der Waals surface area contributed by atoms with E-state index in [-0.39, 0.29) is 11.8 Å². The number of amides is 2. The minimum atomic E-state index is -0.250. The summed E-state index contributed by atoms with van der Waals surface area (Å²) in [6.07, 6.45) is 3.37. The summed E-state index contributed by atoms with van der Waals surface area (Å²) in [6.45, 7) is 0.870. The summed E-state index contributed by atoms with van der Waals surface area (Å²) in [6, 6.07) is 10.0. The summed E-state index contributed by atoms with van der Waals surface area (Å²) in [5, 5.41) is 6.43. The molecule has 22 heavy (non-hydrogen) atoms. The molecule has 0 unspecified atom stereocenters. The Bertz CT molecular complexity index is 788. The van der Waals surface area contributed by atoms with Gasteiger partial charge in [0.25, 0.3) is 0 Å². The van der Waals surface area contributed by atoms with Gasteiger partial charge in [0.2, 0.25) is 0 Å². The molecule has 0 radical (unpaired) electrons. The highest BCUT2D eigenvalue weighted by Gasteiger charge is 2.05. The Labute approximate surface area is 131 Å². The van der Waals surface area contributed by atoms with Crippen LogP contribution in [-0.2, 0) is 13.1 Å². The van der Waals surface area contributed by atoms with Crippen molar-refractivity contribution in [1.82, 2.24) is 15.6 Å². The number of pyridine rings is 1. The molecule has 0 spiro atoms. The Kier molecular flexibility index (Phi) is 4.29. The van der Waals surface area contributed by atoms with Crippen molar-refractivity contribution < 1.29 is 9.18 Å². The van der Waals surface area contributed by atoms with Crippen LogP contribution in [0.3, 0.4) is 0 Å². The minimum absolute atomic E-state index is 0.236. The molecule has 0 atom stereocenters. The maximum atomic E-state index is 13.1. The van der Waals surface area contributed by atoms with Gasteiger partial charge in [-0.05, 0) is 47.3 Å². The molecule has 2 aromatic heterocycles. The van der Waals surface area contributed by atoms with Crippen LogP contribution in [0.25, 0.3) is 10.1 Å². The number of halogens is 1. The molecule has 6 heteroatoms. The zero-order chi connectivity index (χ0) is 15.4. The van der Waals surface area contributed by atoms with Crippen molar-refractivity contribution >= 4 is 27.5 Å². The summed E-state index contributed by atoms with van der Waals surface area (Å²) in [5.74, 6) is -0.250. The number of hydrogen-bond donors (Lipinski definition) is 2. The number of thiophene rings is 1. The molecule has 0 aliphatic rings. The van der Waals surface area contributed by atoms with Crippen molar-refractivity contribution in [2.24, 2.45) is 0 Å². The first-order valence-electron chi connectivity index (χ1n) is 6.79. The first-order chi connectivity index (χ1) is 10.7. The molecule has 2 N–H and O–H groups in total. The lowest BCUT2D eigenvalue weighted by molar-refractivity contribution is 0.240. The topological polar surface area (TPSA) is 54.0 Å². The van der Waals surface area contributed by atoms with Gasteiger partial charge in [-0.2, -0.15) is 0 Å². The van der Waals surface area contributed by atoms with Crippen LogP contribution >= 0.6 is 11.3 Å². The molecular formula is C16H14FN3OS. The molecule has 2 amide bonds. The number of fused-ring (bicyclic) bond motifs is 1. The molecular weight excluding hydrogens is 301 g/mol. The second-order valence-electron chi connectivity index (χ2n) is 4.79. The van der Waals surface area contributed by atoms with Crippen LogP contribution in [0.5, 0.6) is 0 Å². The highest BCUT2D eigenvalue weighted by Crippen LogP contribution is 2.26. The van der Waals surface area contributed by atoms with E-state index in [9.17, 15) is 9.18 Å². The van der Waals surface area contributed by atoms with Gasteiger partial charge < -0.3 is 10.6 Å². The number of carbonyl (C=O) groups excluding carboxylic acids is 1. The standard InChI is InChI=1S/C16H14FN3OS/c17-13-1-2-15-12(7-13)8-14(22-15)10-20-16(21)19-9-11-3-5-18-6-4-11/h1-8H,9-10H2,(H2,19,20,21). The van der Waals surface area contributed by atoms with Crippen LogP contribution in [0.15, 0.2) is 48.8 Å². The zero-order valence-corrected chi connectivity index (χ0v) is 12.5. The molecule has 0 aliphatic heterocycles. The summed E-state index contributed by atoms with van der Waals surface area (Å²) in [7, 11) is 0. The monoisotopic (exact) mass is 315 g/mol. The first kappa shape index (κ1) is 14.5. The van der Waals surface area contributed by atoms with Gasteiger partial charge in [0.05, 0.1) is 6.54 Å². The maximum absolute atomic E-state index is 13.1. The fourth-order valence-corrected chi connectivity index (χ4v) is 3.05. The second-order valence-corrected chi connectivity index (χ2v) is 5.95. The molecule has 2 heterocycles. The molecule has 1 aromatic carbocycles. The van der Waals surface area contributed by atoms with Crippen molar-refractivity contribution in [1.29, 1.82) is 0 Å². The van der Waals surface area contributed by atoms with Gasteiger partial charge in [-0.25, -0.2) is 9.18 Å². The second kappa shape index (κ2) is 6.53. The Hall–Kier alpha value is -2.47. The molecule has 0 saturated carbocycles. The van der Waals surface area contributed by atoms with Crippen molar-refractivity contribution in [2.75, 3.05) is 0 Å². The van der Waals surface area contributed by atoms with E-state index in [4.69, 9.17) is 0 Å². The molecule has 0 bridgehead atoms. The van der Waals surface area contributed by atoms with E-state index < -0.39 is 0 Å². The Morgan fingerprint density at radius 3 is 2.68 bits per heavy atom. The fourth-order valence-electron chi connectivity index (χ4n) is 2.07. The number of aromatic nitrogens is 1. The van der Waals surface area contributed by atoms with E-state index in [1.54, 1.807) is 29.8 Å². The Morgan fingerprint density at radius 1 is 1.09 bits per heavy atom. The average molecular weight is 315 g/mol. The number of nitrogens with zero attached hydrogens (tertiary/aromatic N) is 1. The van der Waals surface area contributed by atoms with Gasteiger partial charge in [0.15, 0.2) is 0 Å². The Morgan fingerprint density at radius 2 is 1.86 bits per heavy atom. The van der Waals surface area contributed by atoms with Crippen LogP contribution in [-0.4, -0.2) is 11.0 Å². The average Bonchev–Trinajstić information content (AvgIpc) is 2.94. The summed E-state index contributed by atoms with van der Waals surface area (Å²) in [4.78, 5) is 16.7. The van der Waals surface area contributed by atoms with Crippen LogP contribution in [0.1, 0.15) is 10.4 Å². The van der Waals surface area contributed by atoms with Crippen LogP contribution in [0, 0.1) is 5.82 Å². The van der Waals surface area contributed by atoms with Crippen molar-refractivity contribution in [2.45, 2.75) is 13.1 Å². The van der Waals surface area contributed by atoms with E-state index in [1.165, 1.54) is 12.1 Å². The van der Waals surface area contributed by atoms with Crippen molar-refractivity contribution in [3.05, 3.63) is 65.0 Å². The molecule has 3 aromatic rings. The van der Waals surface area contributed by atoms with Gasteiger partial charge >= 0.3 is 6.03 Å². The first-order valence-corrected chi connectivity index (χ1v) is 7.61. The number of urea groups is 1. The normalized spacial score (nSPS) is 10.6. The predicted molar refractivity (Wildman–Crippen MR) is 85.1 cm³/mol. The largest absolute Gasteiger partial charge is 0.334 e. The highest BCUT2D eigenvalue weighted by molar-refractivity contribution is 7.19. The van der Waals surface area contributed by atoms with E-state index in [0.29, 0.717) is 13.1 Å². The van der Waals surface area contributed by atoms with Gasteiger partial charge in [-0.15, -0.1) is 11.3 Å². The molecule has 0 aliphatic carbocycles. The SMILES string of the molecule is O=C(NCc1ccncc1)NCc1cc2cc(F)ccc2s1. The summed E-state index contributed by atoms with van der Waals surface area (Å²) in [5.41, 5.74) is 0.988.